The third-order valence-electron chi connectivity index (χ3n) is 11.7. The van der Waals surface area contributed by atoms with Crippen LogP contribution in [0.15, 0.2) is 194 Å². The van der Waals surface area contributed by atoms with Gasteiger partial charge in [-0.05, 0) is 121 Å². The molecule has 1 nitrogen and oxygen atoms in total. The van der Waals surface area contributed by atoms with Gasteiger partial charge in [-0.3, -0.25) is 0 Å². The van der Waals surface area contributed by atoms with Crippen molar-refractivity contribution in [3.63, 3.8) is 0 Å². The molecule has 9 aromatic carbocycles. The molecule has 0 radical (unpaired) electrons. The number of fused-ring (bicyclic) bond motifs is 6. The molecule has 1 aliphatic rings. The Balaban J connectivity index is 1.02. The van der Waals surface area contributed by atoms with E-state index in [1.807, 2.05) is 0 Å². The monoisotopic (exact) mass is 703 g/mol. The topological polar surface area (TPSA) is 3.24 Å². The minimum Gasteiger partial charge on any atom is -0.310 e. The number of hydrogen-bond acceptors (Lipinski definition) is 1. The number of hydrogen-bond donors (Lipinski definition) is 0. The summed E-state index contributed by atoms with van der Waals surface area (Å²) in [4.78, 5) is 2.46. The van der Waals surface area contributed by atoms with Crippen LogP contribution in [0.25, 0.3) is 66.1 Å². The average molecular weight is 704 g/mol. The molecule has 1 aliphatic carbocycles. The van der Waals surface area contributed by atoms with Gasteiger partial charge in [0, 0.05) is 22.2 Å². The highest BCUT2D eigenvalue weighted by Crippen LogP contribution is 2.52. The van der Waals surface area contributed by atoms with E-state index in [2.05, 4.69) is 220 Å². The van der Waals surface area contributed by atoms with Crippen LogP contribution in [-0.2, 0) is 5.41 Å². The van der Waals surface area contributed by atoms with Crippen molar-refractivity contribution in [3.05, 3.63) is 211 Å². The zero-order chi connectivity index (χ0) is 37.1. The second-order valence-corrected chi connectivity index (χ2v) is 15.5. The lowest BCUT2D eigenvalue weighted by molar-refractivity contribution is 0.660. The lowest BCUT2D eigenvalue weighted by Crippen LogP contribution is -2.17. The number of rotatable bonds is 6. The molecular formula is C54H41N. The molecule has 10 rings (SSSR count). The Hall–Kier alpha value is -6.70. The molecule has 0 amide bonds. The van der Waals surface area contributed by atoms with Crippen LogP contribution in [0.2, 0.25) is 0 Å². The number of benzene rings is 9. The fraction of sp³-hybridized carbons (Fsp3) is 0.0741. The summed E-state index contributed by atoms with van der Waals surface area (Å²) in [5.74, 6) is 0. The molecule has 0 bridgehead atoms. The fourth-order valence-corrected chi connectivity index (χ4v) is 8.80. The third-order valence-corrected chi connectivity index (χ3v) is 11.7. The van der Waals surface area contributed by atoms with Gasteiger partial charge in [0.05, 0.1) is 5.69 Å². The molecule has 0 aromatic heterocycles. The predicted octanol–water partition coefficient (Wildman–Crippen LogP) is 15.1. The summed E-state index contributed by atoms with van der Waals surface area (Å²) in [6, 6.07) is 71.5. The zero-order valence-electron chi connectivity index (χ0n) is 31.4. The maximum absolute atomic E-state index is 2.46. The summed E-state index contributed by atoms with van der Waals surface area (Å²) in [5.41, 5.74) is 17.3. The molecule has 9 aromatic rings. The first-order chi connectivity index (χ1) is 26.9. The first-order valence-electron chi connectivity index (χ1n) is 19.3. The van der Waals surface area contributed by atoms with Gasteiger partial charge in [0.1, 0.15) is 0 Å². The van der Waals surface area contributed by atoms with E-state index >= 15 is 0 Å². The first kappa shape index (κ1) is 32.9. The van der Waals surface area contributed by atoms with E-state index in [9.17, 15) is 0 Å². The van der Waals surface area contributed by atoms with Crippen LogP contribution >= 0.6 is 0 Å². The Kier molecular flexibility index (Phi) is 7.78. The van der Waals surface area contributed by atoms with E-state index in [0.717, 1.165) is 5.69 Å². The van der Waals surface area contributed by atoms with Gasteiger partial charge in [-0.25, -0.2) is 0 Å². The summed E-state index contributed by atoms with van der Waals surface area (Å²) in [6.07, 6.45) is 0. The molecule has 262 valence electrons. The van der Waals surface area contributed by atoms with Crippen LogP contribution < -0.4 is 4.90 Å². The molecule has 0 N–H and O–H groups in total. The van der Waals surface area contributed by atoms with Gasteiger partial charge in [-0.1, -0.05) is 172 Å². The average Bonchev–Trinajstić information content (AvgIpc) is 3.46. The van der Waals surface area contributed by atoms with Crippen molar-refractivity contribution in [2.24, 2.45) is 0 Å². The summed E-state index contributed by atoms with van der Waals surface area (Å²) < 4.78 is 0. The molecule has 0 unspecified atom stereocenters. The summed E-state index contributed by atoms with van der Waals surface area (Å²) in [6.45, 7) is 6.95. The van der Waals surface area contributed by atoms with Gasteiger partial charge in [0.15, 0.2) is 0 Å². The predicted molar refractivity (Wildman–Crippen MR) is 235 cm³/mol. The number of nitrogens with zero attached hydrogens (tertiary/aromatic N) is 1. The molecule has 0 saturated carbocycles. The number of aryl methyl sites for hydroxylation is 1. The molecule has 0 saturated heterocycles. The quantitative estimate of drug-likeness (QED) is 0.156. The zero-order valence-corrected chi connectivity index (χ0v) is 31.4. The van der Waals surface area contributed by atoms with Crippen LogP contribution in [0.4, 0.5) is 17.1 Å². The van der Waals surface area contributed by atoms with Crippen molar-refractivity contribution in [1.82, 2.24) is 0 Å². The van der Waals surface area contributed by atoms with E-state index in [0.29, 0.717) is 0 Å². The first-order valence-corrected chi connectivity index (χ1v) is 19.3. The lowest BCUT2D eigenvalue weighted by Gasteiger charge is -2.29. The summed E-state index contributed by atoms with van der Waals surface area (Å²) in [5, 5.41) is 5.03. The molecule has 55 heavy (non-hydrogen) atoms. The SMILES string of the molecule is Cc1cccc(N(c2ccc3c(c2)C(C)(C)c2cc(-c4ccc(-c5ccc(-c6ccccc6)cc5)cc4)ccc2-3)c2cc3ccccc3c3ccccc23)c1. The molecule has 0 heterocycles. The lowest BCUT2D eigenvalue weighted by atomic mass is 9.81. The van der Waals surface area contributed by atoms with Crippen LogP contribution in [-0.4, -0.2) is 0 Å². The van der Waals surface area contributed by atoms with Crippen molar-refractivity contribution in [3.8, 4) is 44.5 Å². The summed E-state index contributed by atoms with van der Waals surface area (Å²) in [7, 11) is 0. The maximum Gasteiger partial charge on any atom is 0.0546 e. The summed E-state index contributed by atoms with van der Waals surface area (Å²) >= 11 is 0. The molecule has 0 fully saturated rings. The van der Waals surface area contributed by atoms with Crippen molar-refractivity contribution >= 4 is 38.6 Å². The normalized spacial score (nSPS) is 12.8. The van der Waals surface area contributed by atoms with Crippen molar-refractivity contribution in [1.29, 1.82) is 0 Å². The fourth-order valence-electron chi connectivity index (χ4n) is 8.80. The minimum absolute atomic E-state index is 0.180. The largest absolute Gasteiger partial charge is 0.310 e. The molecule has 0 aliphatic heterocycles. The van der Waals surface area contributed by atoms with E-state index in [1.165, 1.54) is 94.1 Å². The van der Waals surface area contributed by atoms with Gasteiger partial charge in [-0.15, -0.1) is 0 Å². The third kappa shape index (κ3) is 5.63. The Bertz CT molecular complexity index is 2880. The van der Waals surface area contributed by atoms with Gasteiger partial charge >= 0.3 is 0 Å². The standard InChI is InChI=1S/C54H41N/c1-36-12-11-16-44(32-36)55(53-34-43-15-7-8-17-46(43)47-18-9-10-19-50(47)53)45-29-31-49-48-30-28-42(33-51(48)54(2,3)52(49)35-45)41-26-24-40(25-27-41)39-22-20-38(21-23-39)37-13-5-4-6-14-37/h4-35H,1-3H3. The van der Waals surface area contributed by atoms with Crippen LogP contribution in [0.1, 0.15) is 30.5 Å². The Morgan fingerprint density at radius 1 is 0.364 bits per heavy atom. The second kappa shape index (κ2) is 13.0. The van der Waals surface area contributed by atoms with Crippen molar-refractivity contribution < 1.29 is 0 Å². The second-order valence-electron chi connectivity index (χ2n) is 15.5. The Morgan fingerprint density at radius 2 is 0.873 bits per heavy atom. The maximum atomic E-state index is 2.46. The Morgan fingerprint density at radius 3 is 1.55 bits per heavy atom. The van der Waals surface area contributed by atoms with Crippen molar-refractivity contribution in [2.75, 3.05) is 4.90 Å². The molecule has 0 spiro atoms. The molecular weight excluding hydrogens is 663 g/mol. The number of anilines is 3. The van der Waals surface area contributed by atoms with Crippen LogP contribution in [0, 0.1) is 6.92 Å². The van der Waals surface area contributed by atoms with Gasteiger partial charge in [0.2, 0.25) is 0 Å². The van der Waals surface area contributed by atoms with Crippen LogP contribution in [0.5, 0.6) is 0 Å². The van der Waals surface area contributed by atoms with Gasteiger partial charge in [0.25, 0.3) is 0 Å². The molecule has 1 heteroatoms. The highest BCUT2D eigenvalue weighted by molar-refractivity contribution is 6.14. The molecule has 0 atom stereocenters. The Labute approximate surface area is 323 Å². The smallest absolute Gasteiger partial charge is 0.0546 e. The van der Waals surface area contributed by atoms with E-state index < -0.39 is 0 Å². The van der Waals surface area contributed by atoms with Gasteiger partial charge < -0.3 is 4.90 Å². The van der Waals surface area contributed by atoms with E-state index in [4.69, 9.17) is 0 Å². The van der Waals surface area contributed by atoms with E-state index in [1.54, 1.807) is 0 Å². The van der Waals surface area contributed by atoms with Crippen molar-refractivity contribution in [2.45, 2.75) is 26.2 Å². The van der Waals surface area contributed by atoms with Gasteiger partial charge in [-0.2, -0.15) is 0 Å². The highest BCUT2D eigenvalue weighted by Gasteiger charge is 2.36. The highest BCUT2D eigenvalue weighted by atomic mass is 15.1. The van der Waals surface area contributed by atoms with E-state index in [-0.39, 0.29) is 5.41 Å². The minimum atomic E-state index is -0.180. The van der Waals surface area contributed by atoms with Crippen LogP contribution in [0.3, 0.4) is 0 Å².